The molecule has 1 fully saturated rings. The normalized spacial score (nSPS) is 16.8. The van der Waals surface area contributed by atoms with Crippen molar-refractivity contribution in [2.75, 3.05) is 24.9 Å². The summed E-state index contributed by atoms with van der Waals surface area (Å²) in [5.74, 6) is 1.74. The van der Waals surface area contributed by atoms with Gasteiger partial charge in [0.05, 0.1) is 25.6 Å². The molecule has 2 aromatic heterocycles. The first-order valence-corrected chi connectivity index (χ1v) is 12.0. The molecule has 188 valence electrons. The Labute approximate surface area is 219 Å². The monoisotopic (exact) mass is 528 g/mol. The molecule has 0 aliphatic heterocycles. The van der Waals surface area contributed by atoms with Crippen molar-refractivity contribution in [3.8, 4) is 22.8 Å². The molecule has 1 saturated carbocycles. The van der Waals surface area contributed by atoms with Crippen molar-refractivity contribution in [1.82, 2.24) is 20.3 Å². The van der Waals surface area contributed by atoms with E-state index < -0.39 is 0 Å². The van der Waals surface area contributed by atoms with Crippen molar-refractivity contribution < 1.29 is 14.3 Å². The maximum Gasteiger partial charge on any atom is 0.243 e. The average molecular weight is 529 g/mol. The number of nitrogens with zero attached hydrogens (tertiary/aromatic N) is 3. The Kier molecular flexibility index (Phi) is 8.12. The van der Waals surface area contributed by atoms with Crippen LogP contribution in [0.3, 0.4) is 0 Å². The van der Waals surface area contributed by atoms with Crippen LogP contribution in [0.5, 0.6) is 11.5 Å². The maximum atomic E-state index is 11.8. The van der Waals surface area contributed by atoms with E-state index in [0.717, 1.165) is 19.3 Å². The number of pyridine rings is 1. The van der Waals surface area contributed by atoms with Gasteiger partial charge in [-0.15, -0.1) is 0 Å². The lowest BCUT2D eigenvalue weighted by Crippen LogP contribution is -2.42. The number of hydrogen-bond donors (Lipinski definition) is 3. The van der Waals surface area contributed by atoms with Crippen LogP contribution in [0, 0.1) is 0 Å². The number of carbonyl (C=O) groups is 1. The Morgan fingerprint density at radius 2 is 1.81 bits per heavy atom. The molecule has 0 unspecified atom stereocenters. The molecule has 36 heavy (non-hydrogen) atoms. The van der Waals surface area contributed by atoms with E-state index in [1.54, 1.807) is 12.3 Å². The summed E-state index contributed by atoms with van der Waals surface area (Å²) in [6, 6.07) is 7.18. The lowest BCUT2D eigenvalue weighted by Gasteiger charge is -2.22. The van der Waals surface area contributed by atoms with Gasteiger partial charge in [0.25, 0.3) is 0 Å². The molecular formula is C25H26Cl2N6O3. The predicted molar refractivity (Wildman–Crippen MR) is 142 cm³/mol. The minimum atomic E-state index is -0.186. The first kappa shape index (κ1) is 25.5. The van der Waals surface area contributed by atoms with E-state index >= 15 is 0 Å². The van der Waals surface area contributed by atoms with Gasteiger partial charge in [-0.1, -0.05) is 29.8 Å². The molecule has 1 amide bonds. The number of nitrogens with one attached hydrogen (secondary N) is 3. The Balaban J connectivity index is 1.63. The summed E-state index contributed by atoms with van der Waals surface area (Å²) < 4.78 is 10.7. The molecule has 0 saturated heterocycles. The number of halogens is 2. The van der Waals surface area contributed by atoms with Gasteiger partial charge in [0.1, 0.15) is 39.5 Å². The zero-order chi connectivity index (χ0) is 25.7. The Bertz CT molecular complexity index is 1240. The number of amides is 1. The average Bonchev–Trinajstić information content (AvgIpc) is 3.33. The van der Waals surface area contributed by atoms with E-state index in [1.165, 1.54) is 26.6 Å². The lowest BCUT2D eigenvalue weighted by molar-refractivity contribution is -0.117. The standard InChI is InChI=1S/C25H26Cl2N6O3/c1-4-21(34)32-16-9-5-8-15(16)31-20-11-17(29-13-30-20)14-7-6-10-28-25(14)33-24-22(26)18(35-2)12-19(36-3)23(24)27/h4,6-7,10-13,15-16H,1,5,8-9H2,2-3H3,(H,28,33)(H,32,34)(H,29,30,31)/t15-,16+/m1/s1. The van der Waals surface area contributed by atoms with Gasteiger partial charge < -0.3 is 25.4 Å². The third-order valence-electron chi connectivity index (χ3n) is 5.93. The molecule has 3 aromatic rings. The summed E-state index contributed by atoms with van der Waals surface area (Å²) in [5.41, 5.74) is 1.74. The first-order valence-electron chi connectivity index (χ1n) is 11.3. The van der Waals surface area contributed by atoms with E-state index in [0.29, 0.717) is 50.1 Å². The van der Waals surface area contributed by atoms with Crippen molar-refractivity contribution in [2.45, 2.75) is 31.3 Å². The van der Waals surface area contributed by atoms with Crippen molar-refractivity contribution >= 4 is 46.4 Å². The summed E-state index contributed by atoms with van der Waals surface area (Å²) in [6.45, 7) is 3.53. The topological polar surface area (TPSA) is 110 Å². The number of benzene rings is 1. The van der Waals surface area contributed by atoms with Gasteiger partial charge in [0.2, 0.25) is 5.91 Å². The second-order valence-electron chi connectivity index (χ2n) is 8.10. The van der Waals surface area contributed by atoms with E-state index in [1.807, 2.05) is 18.2 Å². The molecule has 0 bridgehead atoms. The van der Waals surface area contributed by atoms with E-state index in [4.69, 9.17) is 32.7 Å². The van der Waals surface area contributed by atoms with Crippen molar-refractivity contribution in [3.63, 3.8) is 0 Å². The van der Waals surface area contributed by atoms with Crippen LogP contribution in [-0.2, 0) is 4.79 Å². The van der Waals surface area contributed by atoms with Gasteiger partial charge in [-0.05, 0) is 37.5 Å². The zero-order valence-corrected chi connectivity index (χ0v) is 21.4. The molecular weight excluding hydrogens is 503 g/mol. The SMILES string of the molecule is C=CC(=O)N[C@H]1CCC[C@H]1Nc1cc(-c2cccnc2Nc2c(Cl)c(OC)cc(OC)c2Cl)ncn1. The number of ether oxygens (including phenoxy) is 2. The fraction of sp³-hybridized carbons (Fsp3) is 0.280. The van der Waals surface area contributed by atoms with Crippen molar-refractivity contribution in [2.24, 2.45) is 0 Å². The number of hydrogen-bond acceptors (Lipinski definition) is 8. The molecule has 11 heteroatoms. The van der Waals surface area contributed by atoms with Gasteiger partial charge in [0, 0.05) is 36.0 Å². The predicted octanol–water partition coefficient (Wildman–Crippen LogP) is 5.24. The van der Waals surface area contributed by atoms with Crippen LogP contribution < -0.4 is 25.4 Å². The van der Waals surface area contributed by atoms with Crippen molar-refractivity contribution in [1.29, 1.82) is 0 Å². The van der Waals surface area contributed by atoms with Gasteiger partial charge in [-0.2, -0.15) is 0 Å². The zero-order valence-electron chi connectivity index (χ0n) is 19.8. The second-order valence-corrected chi connectivity index (χ2v) is 8.85. The third-order valence-corrected chi connectivity index (χ3v) is 6.68. The molecule has 0 spiro atoms. The highest BCUT2D eigenvalue weighted by molar-refractivity contribution is 6.41. The molecule has 2 atom stereocenters. The van der Waals surface area contributed by atoms with Gasteiger partial charge >= 0.3 is 0 Å². The minimum absolute atomic E-state index is 0.00291. The van der Waals surface area contributed by atoms with E-state index in [-0.39, 0.29) is 18.0 Å². The minimum Gasteiger partial charge on any atom is -0.495 e. The molecule has 3 N–H and O–H groups in total. The first-order chi connectivity index (χ1) is 17.4. The number of rotatable bonds is 9. The molecule has 4 rings (SSSR count). The van der Waals surface area contributed by atoms with Gasteiger partial charge in [-0.25, -0.2) is 15.0 Å². The van der Waals surface area contributed by atoms with Crippen molar-refractivity contribution in [3.05, 3.63) is 59.5 Å². The Hall–Kier alpha value is -3.56. The van der Waals surface area contributed by atoms with Crippen LogP contribution in [0.25, 0.3) is 11.3 Å². The highest BCUT2D eigenvalue weighted by Gasteiger charge is 2.28. The van der Waals surface area contributed by atoms with Crippen LogP contribution in [0.2, 0.25) is 10.0 Å². The highest BCUT2D eigenvalue weighted by Crippen LogP contribution is 2.45. The second kappa shape index (κ2) is 11.5. The molecule has 0 radical (unpaired) electrons. The third kappa shape index (κ3) is 5.47. The summed E-state index contributed by atoms with van der Waals surface area (Å²) in [4.78, 5) is 25.1. The summed E-state index contributed by atoms with van der Waals surface area (Å²) >= 11 is 13.1. The number of aromatic nitrogens is 3. The fourth-order valence-electron chi connectivity index (χ4n) is 4.15. The van der Waals surface area contributed by atoms with Crippen LogP contribution in [-0.4, -0.2) is 47.2 Å². The fourth-order valence-corrected chi connectivity index (χ4v) is 4.74. The van der Waals surface area contributed by atoms with Crippen LogP contribution in [0.15, 0.2) is 49.4 Å². The molecule has 1 aliphatic rings. The lowest BCUT2D eigenvalue weighted by atomic mass is 10.1. The summed E-state index contributed by atoms with van der Waals surface area (Å²) in [6.07, 6.45) is 7.21. The Morgan fingerprint density at radius 1 is 1.08 bits per heavy atom. The van der Waals surface area contributed by atoms with Gasteiger partial charge in [0.15, 0.2) is 0 Å². The quantitative estimate of drug-likeness (QED) is 0.323. The largest absolute Gasteiger partial charge is 0.495 e. The van der Waals surface area contributed by atoms with E-state index in [2.05, 4.69) is 37.5 Å². The van der Waals surface area contributed by atoms with Crippen LogP contribution >= 0.6 is 23.2 Å². The van der Waals surface area contributed by atoms with Crippen LogP contribution in [0.4, 0.5) is 17.3 Å². The van der Waals surface area contributed by atoms with E-state index in [9.17, 15) is 4.79 Å². The molecule has 2 heterocycles. The maximum absolute atomic E-state index is 11.8. The smallest absolute Gasteiger partial charge is 0.243 e. The molecule has 1 aromatic carbocycles. The molecule has 9 nitrogen and oxygen atoms in total. The van der Waals surface area contributed by atoms with Gasteiger partial charge in [-0.3, -0.25) is 4.79 Å². The Morgan fingerprint density at radius 3 is 2.50 bits per heavy atom. The number of carbonyl (C=O) groups excluding carboxylic acids is 1. The molecule has 1 aliphatic carbocycles. The number of anilines is 3. The summed E-state index contributed by atoms with van der Waals surface area (Å²) in [7, 11) is 3.02. The highest BCUT2D eigenvalue weighted by atomic mass is 35.5. The van der Waals surface area contributed by atoms with Crippen LogP contribution in [0.1, 0.15) is 19.3 Å². The number of methoxy groups -OCH3 is 2. The summed E-state index contributed by atoms with van der Waals surface area (Å²) in [5, 5.41) is 10.2.